The molecule has 1 atom stereocenters. The number of imidazole rings is 1. The topological polar surface area (TPSA) is 28.7 Å². The van der Waals surface area contributed by atoms with Crippen molar-refractivity contribution < 1.29 is 0 Å². The van der Waals surface area contributed by atoms with Crippen LogP contribution < -0.4 is 0 Å². The molecule has 0 bridgehead atoms. The zero-order valence-corrected chi connectivity index (χ0v) is 10.4. The van der Waals surface area contributed by atoms with Crippen molar-refractivity contribution in [2.75, 3.05) is 0 Å². The van der Waals surface area contributed by atoms with Gasteiger partial charge in [0.2, 0.25) is 0 Å². The van der Waals surface area contributed by atoms with Gasteiger partial charge in [-0.2, -0.15) is 0 Å². The minimum Gasteiger partial charge on any atom is -0.349 e. The van der Waals surface area contributed by atoms with E-state index in [-0.39, 0.29) is 5.38 Å². The summed E-state index contributed by atoms with van der Waals surface area (Å²) in [5, 5.41) is 0.688. The van der Waals surface area contributed by atoms with Gasteiger partial charge in [0.25, 0.3) is 0 Å². The van der Waals surface area contributed by atoms with Gasteiger partial charge in [-0.15, -0.1) is 11.6 Å². The maximum absolute atomic E-state index is 6.32. The molecule has 1 unspecified atom stereocenters. The first-order chi connectivity index (χ1) is 7.66. The first-order valence-corrected chi connectivity index (χ1v) is 5.86. The quantitative estimate of drug-likeness (QED) is 0.828. The lowest BCUT2D eigenvalue weighted by atomic mass is 10.1. The summed E-state index contributed by atoms with van der Waals surface area (Å²) >= 11 is 12.3. The Hall–Kier alpha value is -0.990. The molecule has 2 nitrogen and oxygen atoms in total. The first kappa shape index (κ1) is 11.5. The third-order valence-electron chi connectivity index (χ3n) is 2.47. The average molecular weight is 255 g/mol. The van der Waals surface area contributed by atoms with Gasteiger partial charge in [0.15, 0.2) is 0 Å². The van der Waals surface area contributed by atoms with Crippen LogP contribution in [0.5, 0.6) is 0 Å². The standard InChI is InChI=1S/C12H12Cl2N2/c1-8-6-9(2-3-10(8)13)11(14)7-12-15-4-5-16-12/h2-6,11H,7H2,1H3,(H,15,16). The normalized spacial score (nSPS) is 12.7. The molecule has 1 aromatic carbocycles. The van der Waals surface area contributed by atoms with E-state index in [0.717, 1.165) is 22.0 Å². The molecule has 2 rings (SSSR count). The van der Waals surface area contributed by atoms with Crippen LogP contribution in [0.3, 0.4) is 0 Å². The highest BCUT2D eigenvalue weighted by Gasteiger charge is 2.11. The Balaban J connectivity index is 2.14. The smallest absolute Gasteiger partial charge is 0.107 e. The molecule has 0 saturated carbocycles. The molecule has 0 aliphatic rings. The number of halogens is 2. The predicted molar refractivity (Wildman–Crippen MR) is 67.1 cm³/mol. The van der Waals surface area contributed by atoms with E-state index in [1.54, 1.807) is 12.4 Å². The van der Waals surface area contributed by atoms with Crippen molar-refractivity contribution in [3.63, 3.8) is 0 Å². The maximum atomic E-state index is 6.32. The second kappa shape index (κ2) is 4.89. The fraction of sp³-hybridized carbons (Fsp3) is 0.250. The van der Waals surface area contributed by atoms with Crippen molar-refractivity contribution in [3.8, 4) is 0 Å². The second-order valence-corrected chi connectivity index (χ2v) is 4.65. The zero-order chi connectivity index (χ0) is 11.5. The second-order valence-electron chi connectivity index (χ2n) is 3.72. The van der Waals surface area contributed by atoms with Gasteiger partial charge in [0.1, 0.15) is 5.82 Å². The SMILES string of the molecule is Cc1cc(C(Cl)Cc2ncc[nH]2)ccc1Cl. The van der Waals surface area contributed by atoms with Crippen molar-refractivity contribution in [1.29, 1.82) is 0 Å². The van der Waals surface area contributed by atoms with Crippen molar-refractivity contribution in [1.82, 2.24) is 9.97 Å². The summed E-state index contributed by atoms with van der Waals surface area (Å²) in [6.45, 7) is 1.97. The van der Waals surface area contributed by atoms with E-state index in [2.05, 4.69) is 9.97 Å². The van der Waals surface area contributed by atoms with Gasteiger partial charge in [-0.3, -0.25) is 0 Å². The monoisotopic (exact) mass is 254 g/mol. The molecule has 0 amide bonds. The number of rotatable bonds is 3. The predicted octanol–water partition coefficient (Wildman–Crippen LogP) is 3.89. The molecule has 2 aromatic rings. The van der Waals surface area contributed by atoms with Crippen molar-refractivity contribution in [3.05, 3.63) is 52.6 Å². The van der Waals surface area contributed by atoms with E-state index < -0.39 is 0 Å². The van der Waals surface area contributed by atoms with Gasteiger partial charge in [-0.05, 0) is 24.1 Å². The van der Waals surface area contributed by atoms with Gasteiger partial charge < -0.3 is 4.98 Å². The summed E-state index contributed by atoms with van der Waals surface area (Å²) in [6.07, 6.45) is 4.22. The maximum Gasteiger partial charge on any atom is 0.107 e. The lowest BCUT2D eigenvalue weighted by Crippen LogP contribution is -1.98. The largest absolute Gasteiger partial charge is 0.349 e. The Morgan fingerprint density at radius 1 is 1.44 bits per heavy atom. The molecule has 0 radical (unpaired) electrons. The Morgan fingerprint density at radius 3 is 2.88 bits per heavy atom. The van der Waals surface area contributed by atoms with Gasteiger partial charge in [-0.25, -0.2) is 4.98 Å². The van der Waals surface area contributed by atoms with Crippen molar-refractivity contribution >= 4 is 23.2 Å². The number of nitrogens with one attached hydrogen (secondary N) is 1. The molecule has 0 saturated heterocycles. The summed E-state index contributed by atoms with van der Waals surface area (Å²) < 4.78 is 0. The van der Waals surface area contributed by atoms with Gasteiger partial charge in [0, 0.05) is 23.8 Å². The number of benzene rings is 1. The molecular formula is C12H12Cl2N2. The average Bonchev–Trinajstić information content (AvgIpc) is 2.74. The van der Waals surface area contributed by atoms with E-state index in [4.69, 9.17) is 23.2 Å². The van der Waals surface area contributed by atoms with Crippen LogP contribution in [0, 0.1) is 6.92 Å². The fourth-order valence-electron chi connectivity index (χ4n) is 1.56. The summed E-state index contributed by atoms with van der Waals surface area (Å²) in [6, 6.07) is 5.85. The Kier molecular flexibility index (Phi) is 3.52. The number of H-pyrrole nitrogens is 1. The third-order valence-corrected chi connectivity index (χ3v) is 3.30. The lowest BCUT2D eigenvalue weighted by molar-refractivity contribution is 0.854. The number of aromatic nitrogens is 2. The van der Waals surface area contributed by atoms with Gasteiger partial charge in [0.05, 0.1) is 5.38 Å². The van der Waals surface area contributed by atoms with Crippen LogP contribution in [0.2, 0.25) is 5.02 Å². The Labute approximate surface area is 105 Å². The zero-order valence-electron chi connectivity index (χ0n) is 8.87. The third kappa shape index (κ3) is 2.57. The van der Waals surface area contributed by atoms with E-state index in [1.807, 2.05) is 25.1 Å². The number of nitrogens with zero attached hydrogens (tertiary/aromatic N) is 1. The van der Waals surface area contributed by atoms with Crippen LogP contribution in [0.15, 0.2) is 30.6 Å². The molecule has 1 N–H and O–H groups in total. The van der Waals surface area contributed by atoms with Crippen LogP contribution in [0.25, 0.3) is 0 Å². The minimum atomic E-state index is -0.0814. The fourth-order valence-corrected chi connectivity index (χ4v) is 1.96. The Morgan fingerprint density at radius 2 is 2.25 bits per heavy atom. The molecule has 1 heterocycles. The minimum absolute atomic E-state index is 0.0814. The van der Waals surface area contributed by atoms with Gasteiger partial charge >= 0.3 is 0 Å². The van der Waals surface area contributed by atoms with Crippen LogP contribution in [0.1, 0.15) is 22.3 Å². The van der Waals surface area contributed by atoms with Crippen molar-refractivity contribution in [2.45, 2.75) is 18.7 Å². The molecule has 16 heavy (non-hydrogen) atoms. The molecule has 84 valence electrons. The van der Waals surface area contributed by atoms with Gasteiger partial charge in [-0.1, -0.05) is 23.7 Å². The molecule has 0 spiro atoms. The van der Waals surface area contributed by atoms with E-state index in [9.17, 15) is 0 Å². The van der Waals surface area contributed by atoms with E-state index in [1.165, 1.54) is 0 Å². The number of alkyl halides is 1. The summed E-state index contributed by atoms with van der Waals surface area (Å²) in [7, 11) is 0. The summed E-state index contributed by atoms with van der Waals surface area (Å²) in [5.74, 6) is 0.896. The van der Waals surface area contributed by atoms with E-state index >= 15 is 0 Å². The summed E-state index contributed by atoms with van der Waals surface area (Å²) in [5.41, 5.74) is 2.12. The van der Waals surface area contributed by atoms with Crippen LogP contribution in [-0.2, 0) is 6.42 Å². The number of aromatic amines is 1. The summed E-state index contributed by atoms with van der Waals surface area (Å²) in [4.78, 5) is 7.20. The van der Waals surface area contributed by atoms with E-state index in [0.29, 0.717) is 6.42 Å². The first-order valence-electron chi connectivity index (χ1n) is 5.05. The van der Waals surface area contributed by atoms with Crippen molar-refractivity contribution in [2.24, 2.45) is 0 Å². The molecule has 1 aromatic heterocycles. The van der Waals surface area contributed by atoms with Crippen LogP contribution >= 0.6 is 23.2 Å². The number of hydrogen-bond acceptors (Lipinski definition) is 1. The highest BCUT2D eigenvalue weighted by molar-refractivity contribution is 6.31. The Bertz CT molecular complexity index is 466. The highest BCUT2D eigenvalue weighted by Crippen LogP contribution is 2.27. The number of hydrogen-bond donors (Lipinski definition) is 1. The van der Waals surface area contributed by atoms with Crippen LogP contribution in [0.4, 0.5) is 0 Å². The molecule has 0 aliphatic heterocycles. The lowest BCUT2D eigenvalue weighted by Gasteiger charge is -2.09. The molecule has 0 fully saturated rings. The van der Waals surface area contributed by atoms with Crippen LogP contribution in [-0.4, -0.2) is 9.97 Å². The molecule has 4 heteroatoms. The number of aryl methyl sites for hydroxylation is 1. The highest BCUT2D eigenvalue weighted by atomic mass is 35.5. The molecule has 0 aliphatic carbocycles. The molecular weight excluding hydrogens is 243 g/mol.